The highest BCUT2D eigenvalue weighted by molar-refractivity contribution is 7.92. The van der Waals surface area contributed by atoms with E-state index in [2.05, 4.69) is 19.5 Å². The molecule has 3 N–H and O–H groups in total. The van der Waals surface area contributed by atoms with Crippen LogP contribution in [0.15, 0.2) is 24.3 Å². The number of nitrogen functional groups attached to an aromatic ring is 1. The minimum atomic E-state index is -3.52. The van der Waals surface area contributed by atoms with Crippen molar-refractivity contribution in [1.82, 2.24) is 14.8 Å². The first-order valence-corrected chi connectivity index (χ1v) is 7.61. The average molecular weight is 301 g/mol. The standard InChI is InChI=1S/C9H11N5O3S2/c10-7-2-1-3-8(6-7)17-4-5-19(15,16)12-9-11-13-14-18-9/h1-3,6H,4-5,10H2,(H,11,12,14). The Balaban J connectivity index is 1.85. The van der Waals surface area contributed by atoms with Gasteiger partial charge >= 0.3 is 0 Å². The molecule has 0 aliphatic carbocycles. The summed E-state index contributed by atoms with van der Waals surface area (Å²) in [5, 5.41) is 6.91. The lowest BCUT2D eigenvalue weighted by Gasteiger charge is -2.07. The molecule has 102 valence electrons. The fourth-order valence-corrected chi connectivity index (χ4v) is 2.70. The number of ether oxygens (including phenoxy) is 1. The molecule has 0 atom stereocenters. The Kier molecular flexibility index (Phi) is 4.12. The molecule has 1 heterocycles. The van der Waals surface area contributed by atoms with Gasteiger partial charge < -0.3 is 10.5 Å². The molecule has 0 bridgehead atoms. The van der Waals surface area contributed by atoms with E-state index < -0.39 is 10.0 Å². The Morgan fingerprint density at radius 1 is 1.42 bits per heavy atom. The number of aromatic nitrogens is 3. The van der Waals surface area contributed by atoms with Crippen LogP contribution in [-0.4, -0.2) is 35.6 Å². The van der Waals surface area contributed by atoms with E-state index >= 15 is 0 Å². The predicted octanol–water partition coefficient (Wildman–Crippen LogP) is 0.336. The molecule has 0 radical (unpaired) electrons. The summed E-state index contributed by atoms with van der Waals surface area (Å²) in [4.78, 5) is 0. The van der Waals surface area contributed by atoms with Gasteiger partial charge in [0.05, 0.1) is 0 Å². The van der Waals surface area contributed by atoms with Crippen LogP contribution in [0.25, 0.3) is 0 Å². The maximum atomic E-state index is 11.7. The Morgan fingerprint density at radius 3 is 2.95 bits per heavy atom. The fraction of sp³-hybridized carbons (Fsp3) is 0.222. The molecule has 0 saturated heterocycles. The summed E-state index contributed by atoms with van der Waals surface area (Å²) in [7, 11) is -3.52. The fourth-order valence-electron chi connectivity index (χ4n) is 1.23. The van der Waals surface area contributed by atoms with Crippen LogP contribution in [0.5, 0.6) is 5.75 Å². The molecule has 0 unspecified atom stereocenters. The average Bonchev–Trinajstić information content (AvgIpc) is 2.80. The van der Waals surface area contributed by atoms with Gasteiger partial charge in [0, 0.05) is 23.3 Å². The molecule has 0 fully saturated rings. The van der Waals surface area contributed by atoms with E-state index in [1.54, 1.807) is 24.3 Å². The van der Waals surface area contributed by atoms with Crippen molar-refractivity contribution in [3.05, 3.63) is 24.3 Å². The van der Waals surface area contributed by atoms with E-state index in [9.17, 15) is 8.42 Å². The van der Waals surface area contributed by atoms with Gasteiger partial charge in [-0.25, -0.2) is 8.42 Å². The topological polar surface area (TPSA) is 120 Å². The molecule has 10 heteroatoms. The van der Waals surface area contributed by atoms with Gasteiger partial charge in [-0.05, 0) is 17.3 Å². The Hall–Kier alpha value is -1.94. The number of benzene rings is 1. The summed E-state index contributed by atoms with van der Waals surface area (Å²) in [6, 6.07) is 6.76. The van der Waals surface area contributed by atoms with Gasteiger partial charge in [-0.3, -0.25) is 4.72 Å². The molecule has 0 spiro atoms. The van der Waals surface area contributed by atoms with Crippen LogP contribution < -0.4 is 15.2 Å². The minimum absolute atomic E-state index is 0.00498. The third-order valence-electron chi connectivity index (χ3n) is 2.02. The summed E-state index contributed by atoms with van der Waals surface area (Å²) in [6.45, 7) is 0.00498. The second kappa shape index (κ2) is 5.80. The highest BCUT2D eigenvalue weighted by atomic mass is 32.2. The Labute approximate surface area is 113 Å². The third-order valence-corrected chi connectivity index (χ3v) is 3.87. The normalized spacial score (nSPS) is 11.2. The Morgan fingerprint density at radius 2 is 2.26 bits per heavy atom. The number of nitrogens with zero attached hydrogens (tertiary/aromatic N) is 3. The van der Waals surface area contributed by atoms with Gasteiger partial charge in [-0.15, -0.1) is 0 Å². The van der Waals surface area contributed by atoms with Gasteiger partial charge in [0.25, 0.3) is 0 Å². The lowest BCUT2D eigenvalue weighted by molar-refractivity contribution is 0.341. The summed E-state index contributed by atoms with van der Waals surface area (Å²) in [6.07, 6.45) is 0. The first kappa shape index (κ1) is 13.5. The molecule has 1 aromatic heterocycles. The van der Waals surface area contributed by atoms with Crippen LogP contribution in [0.4, 0.5) is 10.8 Å². The molecule has 0 saturated carbocycles. The number of rotatable bonds is 6. The van der Waals surface area contributed by atoms with Crippen molar-refractivity contribution in [2.75, 3.05) is 22.8 Å². The number of nitrogens with two attached hydrogens (primary N) is 1. The molecule has 0 amide bonds. The van der Waals surface area contributed by atoms with Crippen molar-refractivity contribution in [2.24, 2.45) is 0 Å². The second-order valence-corrected chi connectivity index (χ2v) is 6.08. The number of anilines is 2. The van der Waals surface area contributed by atoms with E-state index in [0.717, 1.165) is 11.5 Å². The first-order chi connectivity index (χ1) is 9.05. The lowest BCUT2D eigenvalue weighted by Crippen LogP contribution is -2.21. The third kappa shape index (κ3) is 4.34. The minimum Gasteiger partial charge on any atom is -0.492 e. The van der Waals surface area contributed by atoms with Gasteiger partial charge in [0.1, 0.15) is 18.1 Å². The molecule has 8 nitrogen and oxygen atoms in total. The van der Waals surface area contributed by atoms with Crippen molar-refractivity contribution in [2.45, 2.75) is 0 Å². The zero-order valence-corrected chi connectivity index (χ0v) is 11.3. The monoisotopic (exact) mass is 301 g/mol. The summed E-state index contributed by atoms with van der Waals surface area (Å²) in [5.74, 6) is 0.314. The maximum absolute atomic E-state index is 11.7. The summed E-state index contributed by atoms with van der Waals surface area (Å²) in [5.41, 5.74) is 6.13. The van der Waals surface area contributed by atoms with Crippen LogP contribution >= 0.6 is 11.5 Å². The molecular formula is C9H11N5O3S2. The zero-order chi connectivity index (χ0) is 13.7. The maximum Gasteiger partial charge on any atom is 0.238 e. The quantitative estimate of drug-likeness (QED) is 0.738. The molecule has 1 aromatic carbocycles. The van der Waals surface area contributed by atoms with Crippen molar-refractivity contribution < 1.29 is 13.2 Å². The number of nitrogens with one attached hydrogen (secondary N) is 1. The van der Waals surface area contributed by atoms with Crippen molar-refractivity contribution in [3.8, 4) is 5.75 Å². The van der Waals surface area contributed by atoms with Crippen molar-refractivity contribution in [1.29, 1.82) is 0 Å². The van der Waals surface area contributed by atoms with Crippen LogP contribution in [0.1, 0.15) is 0 Å². The SMILES string of the molecule is Nc1cccc(OCCS(=O)(=O)Nc2nnns2)c1. The van der Waals surface area contributed by atoms with Crippen molar-refractivity contribution in [3.63, 3.8) is 0 Å². The van der Waals surface area contributed by atoms with Crippen LogP contribution in [0.2, 0.25) is 0 Å². The van der Waals surface area contributed by atoms with Gasteiger partial charge in [0.15, 0.2) is 0 Å². The van der Waals surface area contributed by atoms with Gasteiger partial charge in [-0.1, -0.05) is 15.7 Å². The van der Waals surface area contributed by atoms with Crippen LogP contribution in [-0.2, 0) is 10.0 Å². The zero-order valence-electron chi connectivity index (χ0n) is 9.68. The first-order valence-electron chi connectivity index (χ1n) is 5.19. The van der Waals surface area contributed by atoms with E-state index in [-0.39, 0.29) is 17.5 Å². The number of hydrogen-bond donors (Lipinski definition) is 2. The number of sulfonamides is 1. The van der Waals surface area contributed by atoms with Gasteiger partial charge in [0.2, 0.25) is 15.2 Å². The molecular weight excluding hydrogens is 290 g/mol. The van der Waals surface area contributed by atoms with Gasteiger partial charge in [-0.2, -0.15) is 0 Å². The van der Waals surface area contributed by atoms with E-state index in [0.29, 0.717) is 11.4 Å². The van der Waals surface area contributed by atoms with Crippen LogP contribution in [0.3, 0.4) is 0 Å². The smallest absolute Gasteiger partial charge is 0.238 e. The Bertz CT molecular complexity index is 629. The molecule has 2 rings (SSSR count). The highest BCUT2D eigenvalue weighted by Crippen LogP contribution is 2.14. The molecule has 19 heavy (non-hydrogen) atoms. The second-order valence-electron chi connectivity index (χ2n) is 3.51. The largest absolute Gasteiger partial charge is 0.492 e. The molecule has 2 aromatic rings. The molecule has 0 aliphatic heterocycles. The van der Waals surface area contributed by atoms with E-state index in [1.807, 2.05) is 0 Å². The molecule has 0 aliphatic rings. The van der Waals surface area contributed by atoms with Crippen molar-refractivity contribution >= 4 is 32.4 Å². The lowest BCUT2D eigenvalue weighted by atomic mass is 10.3. The van der Waals surface area contributed by atoms with E-state index in [4.69, 9.17) is 10.5 Å². The summed E-state index contributed by atoms with van der Waals surface area (Å²) < 4.78 is 34.3. The highest BCUT2D eigenvalue weighted by Gasteiger charge is 2.13. The predicted molar refractivity (Wildman–Crippen MR) is 71.5 cm³/mol. The van der Waals surface area contributed by atoms with Crippen LogP contribution in [0, 0.1) is 0 Å². The summed E-state index contributed by atoms with van der Waals surface area (Å²) >= 11 is 0.862. The van der Waals surface area contributed by atoms with E-state index in [1.165, 1.54) is 0 Å². The number of hydrogen-bond acceptors (Lipinski definition) is 8.